The summed E-state index contributed by atoms with van der Waals surface area (Å²) in [6.07, 6.45) is 60.5. The molecule has 0 fully saturated rings. The van der Waals surface area contributed by atoms with Crippen molar-refractivity contribution < 1.29 is 37.3 Å². The molecule has 0 aliphatic heterocycles. The molecule has 0 aromatic rings. The van der Waals surface area contributed by atoms with Crippen LogP contribution in [0.25, 0.3) is 0 Å². The summed E-state index contributed by atoms with van der Waals surface area (Å²) in [5, 5.41) is 2.99. The Bertz CT molecular complexity index is 1400. The average molecular weight is 974 g/mol. The second-order valence-corrected chi connectivity index (χ2v) is 21.2. The minimum absolute atomic E-state index is 0.0257. The number of unbranched alkanes of at least 4 members (excludes halogenated alkanes) is 23. The Morgan fingerprint density at radius 2 is 0.956 bits per heavy atom. The van der Waals surface area contributed by atoms with Crippen molar-refractivity contribution in [2.45, 2.75) is 245 Å². The quantitative estimate of drug-likeness (QED) is 0.0205. The van der Waals surface area contributed by atoms with E-state index in [0.717, 1.165) is 70.6 Å². The van der Waals surface area contributed by atoms with Crippen LogP contribution in [0.3, 0.4) is 0 Å². The van der Waals surface area contributed by atoms with E-state index in [9.17, 15) is 19.0 Å². The number of allylic oxidation sites excluding steroid dienone is 11. The smallest absolute Gasteiger partial charge is 0.456 e. The van der Waals surface area contributed by atoms with Crippen LogP contribution >= 0.6 is 7.82 Å². The molecule has 394 valence electrons. The van der Waals surface area contributed by atoms with E-state index in [2.05, 4.69) is 80.8 Å². The fourth-order valence-corrected chi connectivity index (χ4v) is 8.37. The standard InChI is InChI=1S/C58H105N2O7P/c1-7-10-13-16-19-22-25-28-29-30-33-35-38-41-44-47-50-57(61)59-55(54-66-68(63,64)65-53-52-60(4,5)6)56(49-46-43-40-37-34-31-26-23-20-17-14-11-8-2)67-58(62)51-48-45-42-39-36-32-27-24-21-18-15-12-9-3/h10,13,19,22,28-29,33,35,41,44,46,49,55-56H,7-9,11-12,14-18,20-21,23-27,30-32,34,36-40,42-43,45,47-48,50-54H2,1-6H3,(H-,59,61,63,64)/p+1/b13-10+,22-19+,29-28+,35-33+,44-41+,49-46+. The average Bonchev–Trinajstić information content (AvgIpc) is 3.29. The largest absolute Gasteiger partial charge is 0.472 e. The molecule has 0 aliphatic rings. The number of phosphoric acid groups is 1. The van der Waals surface area contributed by atoms with E-state index in [1.165, 1.54) is 122 Å². The van der Waals surface area contributed by atoms with Crippen molar-refractivity contribution >= 4 is 19.7 Å². The molecule has 0 aromatic heterocycles. The fraction of sp³-hybridized carbons (Fsp3) is 0.759. The lowest BCUT2D eigenvalue weighted by Crippen LogP contribution is -2.47. The molecule has 2 N–H and O–H groups in total. The third kappa shape index (κ3) is 48.5. The van der Waals surface area contributed by atoms with E-state index in [-0.39, 0.29) is 37.9 Å². The molecular weight excluding hydrogens is 868 g/mol. The van der Waals surface area contributed by atoms with Gasteiger partial charge in [0.1, 0.15) is 19.3 Å². The zero-order chi connectivity index (χ0) is 50.1. The number of hydrogen-bond acceptors (Lipinski definition) is 6. The number of quaternary nitrogens is 1. The monoisotopic (exact) mass is 974 g/mol. The molecule has 0 aliphatic carbocycles. The molecule has 68 heavy (non-hydrogen) atoms. The number of nitrogens with one attached hydrogen (secondary N) is 1. The predicted octanol–water partition coefficient (Wildman–Crippen LogP) is 16.5. The molecule has 0 spiro atoms. The molecule has 10 heteroatoms. The third-order valence-corrected chi connectivity index (χ3v) is 12.9. The second kappa shape index (κ2) is 48.1. The Balaban J connectivity index is 5.52. The number of nitrogens with zero attached hydrogens (tertiary/aromatic N) is 1. The van der Waals surface area contributed by atoms with Gasteiger partial charge in [0.25, 0.3) is 0 Å². The van der Waals surface area contributed by atoms with Gasteiger partial charge in [0, 0.05) is 12.8 Å². The number of likely N-dealkylation sites (N-methyl/N-ethyl adjacent to an activating group) is 1. The molecule has 0 saturated carbocycles. The summed E-state index contributed by atoms with van der Waals surface area (Å²) in [6, 6.07) is -0.887. The van der Waals surface area contributed by atoms with Crippen LogP contribution in [0, 0.1) is 0 Å². The molecule has 0 radical (unpaired) electrons. The molecular formula is C58H106N2O7P+. The maximum atomic E-state index is 13.4. The van der Waals surface area contributed by atoms with Crippen LogP contribution < -0.4 is 5.32 Å². The highest BCUT2D eigenvalue weighted by molar-refractivity contribution is 7.47. The van der Waals surface area contributed by atoms with Gasteiger partial charge in [0.2, 0.25) is 5.91 Å². The highest BCUT2D eigenvalue weighted by Crippen LogP contribution is 2.43. The van der Waals surface area contributed by atoms with Crippen LogP contribution in [0.15, 0.2) is 72.9 Å². The van der Waals surface area contributed by atoms with Gasteiger partial charge in [0.15, 0.2) is 0 Å². The molecule has 9 nitrogen and oxygen atoms in total. The molecule has 0 aromatic carbocycles. The number of hydrogen-bond donors (Lipinski definition) is 2. The van der Waals surface area contributed by atoms with Gasteiger partial charge >= 0.3 is 13.8 Å². The van der Waals surface area contributed by atoms with E-state index in [4.69, 9.17) is 13.8 Å². The summed E-state index contributed by atoms with van der Waals surface area (Å²) >= 11 is 0. The lowest BCUT2D eigenvalue weighted by Gasteiger charge is -2.27. The highest BCUT2D eigenvalue weighted by atomic mass is 31.2. The fourth-order valence-electron chi connectivity index (χ4n) is 7.63. The molecule has 3 unspecified atom stereocenters. The summed E-state index contributed by atoms with van der Waals surface area (Å²) in [7, 11) is 1.45. The van der Waals surface area contributed by atoms with Crippen molar-refractivity contribution in [3.63, 3.8) is 0 Å². The normalized spacial score (nSPS) is 14.4. The SMILES string of the molecule is CC/C=C/C/C=C/C/C=C/C/C=C/C/C=C/CCC(=O)NC(COP(=O)(O)OCC[N+](C)(C)C)C(/C=C/CCCCCCCCCCCCC)OC(=O)CCCCCCCCCCCCCCC. The van der Waals surface area contributed by atoms with E-state index >= 15 is 0 Å². The van der Waals surface area contributed by atoms with E-state index in [1.807, 2.05) is 39.4 Å². The van der Waals surface area contributed by atoms with Crippen molar-refractivity contribution in [1.82, 2.24) is 5.32 Å². The first kappa shape index (κ1) is 65.5. The molecule has 3 atom stereocenters. The minimum Gasteiger partial charge on any atom is -0.456 e. The molecule has 1 amide bonds. The molecule has 0 heterocycles. The number of rotatable bonds is 49. The van der Waals surface area contributed by atoms with Crippen LogP contribution in [0.1, 0.15) is 233 Å². The number of amides is 1. The van der Waals surface area contributed by atoms with Crippen LogP contribution in [0.4, 0.5) is 0 Å². The van der Waals surface area contributed by atoms with Crippen LogP contribution in [-0.2, 0) is 27.9 Å². The second-order valence-electron chi connectivity index (χ2n) is 19.7. The van der Waals surface area contributed by atoms with Gasteiger partial charge in [-0.3, -0.25) is 18.6 Å². The summed E-state index contributed by atoms with van der Waals surface area (Å²) in [5.41, 5.74) is 0. The van der Waals surface area contributed by atoms with E-state index < -0.39 is 20.0 Å². The third-order valence-electron chi connectivity index (χ3n) is 11.9. The van der Waals surface area contributed by atoms with Crippen LogP contribution in [-0.4, -0.2) is 74.3 Å². The van der Waals surface area contributed by atoms with Gasteiger partial charge in [-0.05, 0) is 63.9 Å². The first-order valence-electron chi connectivity index (χ1n) is 27.8. The lowest BCUT2D eigenvalue weighted by molar-refractivity contribution is -0.870. The Kier molecular flexibility index (Phi) is 46.3. The Morgan fingerprint density at radius 3 is 1.41 bits per heavy atom. The topological polar surface area (TPSA) is 111 Å². The van der Waals surface area contributed by atoms with Crippen LogP contribution in [0.2, 0.25) is 0 Å². The van der Waals surface area contributed by atoms with Gasteiger partial charge in [-0.1, -0.05) is 229 Å². The Labute approximate surface area is 419 Å². The summed E-state index contributed by atoms with van der Waals surface area (Å²) in [6.45, 7) is 6.83. The van der Waals surface area contributed by atoms with Gasteiger partial charge in [-0.2, -0.15) is 0 Å². The maximum absolute atomic E-state index is 13.4. The molecule has 0 bridgehead atoms. The van der Waals surface area contributed by atoms with Crippen molar-refractivity contribution in [2.75, 3.05) is 40.9 Å². The van der Waals surface area contributed by atoms with Crippen molar-refractivity contribution in [1.29, 1.82) is 0 Å². The number of esters is 1. The van der Waals surface area contributed by atoms with Crippen molar-refractivity contribution in [3.8, 4) is 0 Å². The molecule has 0 saturated heterocycles. The maximum Gasteiger partial charge on any atom is 0.472 e. The van der Waals surface area contributed by atoms with E-state index in [1.54, 1.807) is 0 Å². The predicted molar refractivity (Wildman–Crippen MR) is 291 cm³/mol. The van der Waals surface area contributed by atoms with Crippen molar-refractivity contribution in [2.24, 2.45) is 0 Å². The van der Waals surface area contributed by atoms with Crippen LogP contribution in [0.5, 0.6) is 0 Å². The zero-order valence-electron chi connectivity index (χ0n) is 44.8. The summed E-state index contributed by atoms with van der Waals surface area (Å²) < 4.78 is 30.5. The minimum atomic E-state index is -4.46. The first-order valence-corrected chi connectivity index (χ1v) is 29.3. The summed E-state index contributed by atoms with van der Waals surface area (Å²) in [4.78, 5) is 37.5. The number of carbonyl (C=O) groups excluding carboxylic acids is 2. The van der Waals surface area contributed by atoms with E-state index in [0.29, 0.717) is 17.4 Å². The number of ether oxygens (including phenoxy) is 1. The number of carbonyl (C=O) groups is 2. The van der Waals surface area contributed by atoms with Crippen molar-refractivity contribution in [3.05, 3.63) is 72.9 Å². The zero-order valence-corrected chi connectivity index (χ0v) is 45.7. The highest BCUT2D eigenvalue weighted by Gasteiger charge is 2.30. The Hall–Kier alpha value is -2.55. The Morgan fingerprint density at radius 1 is 0.529 bits per heavy atom. The van der Waals surface area contributed by atoms with Gasteiger partial charge < -0.3 is 19.4 Å². The van der Waals surface area contributed by atoms with Gasteiger partial charge in [0.05, 0.1) is 33.8 Å². The number of phosphoric ester groups is 1. The first-order chi connectivity index (χ1) is 32.9. The molecule has 0 rings (SSSR count). The lowest BCUT2D eigenvalue weighted by atomic mass is 10.0. The van der Waals surface area contributed by atoms with Gasteiger partial charge in [-0.25, -0.2) is 4.57 Å². The summed E-state index contributed by atoms with van der Waals surface area (Å²) in [5.74, 6) is -0.601. The van der Waals surface area contributed by atoms with Gasteiger partial charge in [-0.15, -0.1) is 0 Å².